The van der Waals surface area contributed by atoms with Crippen molar-refractivity contribution >= 4 is 23.3 Å². The van der Waals surface area contributed by atoms with Gasteiger partial charge in [-0.1, -0.05) is 35.9 Å². The van der Waals surface area contributed by atoms with Gasteiger partial charge in [0.2, 0.25) is 0 Å². The average Bonchev–Trinajstić information content (AvgIpc) is 2.58. The highest BCUT2D eigenvalue weighted by Crippen LogP contribution is 2.16. The lowest BCUT2D eigenvalue weighted by Gasteiger charge is -2.10. The molecule has 1 N–H and O–H groups in total. The van der Waals surface area contributed by atoms with Crippen LogP contribution in [0.25, 0.3) is 0 Å². The van der Waals surface area contributed by atoms with Crippen LogP contribution in [0.1, 0.15) is 21.6 Å². The predicted octanol–water partition coefficient (Wildman–Crippen LogP) is 3.51. The number of amides is 1. The third-order valence-corrected chi connectivity index (χ3v) is 4.04. The van der Waals surface area contributed by atoms with Crippen LogP contribution in [0.4, 0.5) is 5.82 Å². The molecule has 0 aliphatic rings. The van der Waals surface area contributed by atoms with Crippen LogP contribution < -0.4 is 10.9 Å². The molecule has 0 fully saturated rings. The third-order valence-electron chi connectivity index (χ3n) is 3.67. The molecule has 0 saturated carbocycles. The number of anilines is 1. The highest BCUT2D eigenvalue weighted by molar-refractivity contribution is 6.31. The molecule has 0 bridgehead atoms. The quantitative estimate of drug-likeness (QED) is 0.780. The molecular formula is C19H16ClN3O2. The lowest BCUT2D eigenvalue weighted by atomic mass is 10.2. The van der Waals surface area contributed by atoms with Gasteiger partial charge in [0.15, 0.2) is 0 Å². The molecule has 1 amide bonds. The Morgan fingerprint density at radius 2 is 1.92 bits per heavy atom. The second-order valence-electron chi connectivity index (χ2n) is 5.59. The summed E-state index contributed by atoms with van der Waals surface area (Å²) >= 11 is 6.15. The van der Waals surface area contributed by atoms with E-state index in [9.17, 15) is 9.59 Å². The Hall–Kier alpha value is -2.92. The van der Waals surface area contributed by atoms with E-state index in [1.54, 1.807) is 12.1 Å². The molecular weight excluding hydrogens is 338 g/mol. The van der Waals surface area contributed by atoms with E-state index in [0.717, 1.165) is 11.3 Å². The second kappa shape index (κ2) is 7.32. The Labute approximate surface area is 149 Å². The number of pyridine rings is 2. The van der Waals surface area contributed by atoms with E-state index in [1.807, 2.05) is 37.3 Å². The van der Waals surface area contributed by atoms with Crippen molar-refractivity contribution in [1.29, 1.82) is 0 Å². The molecule has 5 nitrogen and oxygen atoms in total. The number of carbonyl (C=O) groups excluding carboxylic acids is 1. The van der Waals surface area contributed by atoms with Gasteiger partial charge in [-0.2, -0.15) is 0 Å². The molecule has 0 atom stereocenters. The summed E-state index contributed by atoms with van der Waals surface area (Å²) in [6, 6.07) is 15.5. The summed E-state index contributed by atoms with van der Waals surface area (Å²) in [6.07, 6.45) is 1.52. The highest BCUT2D eigenvalue weighted by atomic mass is 35.5. The molecule has 1 aromatic carbocycles. The topological polar surface area (TPSA) is 64.0 Å². The number of rotatable bonds is 4. The molecule has 0 spiro atoms. The number of nitrogens with zero attached hydrogens (tertiary/aromatic N) is 2. The van der Waals surface area contributed by atoms with Crippen LogP contribution in [-0.2, 0) is 6.54 Å². The van der Waals surface area contributed by atoms with Crippen molar-refractivity contribution < 1.29 is 4.79 Å². The van der Waals surface area contributed by atoms with Crippen LogP contribution in [0, 0.1) is 6.92 Å². The maximum Gasteiger partial charge on any atom is 0.258 e. The van der Waals surface area contributed by atoms with E-state index in [2.05, 4.69) is 10.3 Å². The molecule has 0 radical (unpaired) electrons. The molecule has 2 aromatic heterocycles. The van der Waals surface area contributed by atoms with Crippen molar-refractivity contribution in [3.8, 4) is 0 Å². The Balaban J connectivity index is 1.85. The van der Waals surface area contributed by atoms with Gasteiger partial charge in [0.25, 0.3) is 11.5 Å². The van der Waals surface area contributed by atoms with Crippen LogP contribution in [-0.4, -0.2) is 15.5 Å². The number of benzene rings is 1. The minimum Gasteiger partial charge on any atom is -0.310 e. The fourth-order valence-corrected chi connectivity index (χ4v) is 2.60. The summed E-state index contributed by atoms with van der Waals surface area (Å²) < 4.78 is 1.46. The number of halogens is 1. The van der Waals surface area contributed by atoms with Gasteiger partial charge in [-0.05, 0) is 36.8 Å². The van der Waals surface area contributed by atoms with E-state index in [-0.39, 0.29) is 11.5 Å². The maximum atomic E-state index is 12.4. The maximum absolute atomic E-state index is 12.4. The highest BCUT2D eigenvalue weighted by Gasteiger charge is 2.10. The van der Waals surface area contributed by atoms with Gasteiger partial charge in [0.1, 0.15) is 5.82 Å². The molecule has 0 aliphatic carbocycles. The Bertz CT molecular complexity index is 982. The summed E-state index contributed by atoms with van der Waals surface area (Å²) in [5.74, 6) is 0.139. The smallest absolute Gasteiger partial charge is 0.258 e. The van der Waals surface area contributed by atoms with E-state index in [1.165, 1.54) is 22.9 Å². The normalized spacial score (nSPS) is 10.5. The molecule has 126 valence electrons. The van der Waals surface area contributed by atoms with Gasteiger partial charge < -0.3 is 9.88 Å². The summed E-state index contributed by atoms with van der Waals surface area (Å²) in [5, 5.41) is 3.31. The Kier molecular flexibility index (Phi) is 4.95. The van der Waals surface area contributed by atoms with Crippen LogP contribution in [0.15, 0.2) is 65.6 Å². The predicted molar refractivity (Wildman–Crippen MR) is 98.2 cm³/mol. The zero-order valence-electron chi connectivity index (χ0n) is 13.6. The minimum absolute atomic E-state index is 0.204. The fraction of sp³-hybridized carbons (Fsp3) is 0.105. The van der Waals surface area contributed by atoms with Crippen molar-refractivity contribution in [1.82, 2.24) is 9.55 Å². The lowest BCUT2D eigenvalue weighted by molar-refractivity contribution is 0.102. The molecule has 0 unspecified atom stereocenters. The van der Waals surface area contributed by atoms with Gasteiger partial charge in [-0.25, -0.2) is 4.98 Å². The summed E-state index contributed by atoms with van der Waals surface area (Å²) in [6.45, 7) is 2.14. The van der Waals surface area contributed by atoms with Gasteiger partial charge >= 0.3 is 0 Å². The average molecular weight is 354 g/mol. The fourth-order valence-electron chi connectivity index (χ4n) is 2.40. The first-order valence-electron chi connectivity index (χ1n) is 7.72. The number of aromatic nitrogens is 2. The Morgan fingerprint density at radius 1 is 1.12 bits per heavy atom. The van der Waals surface area contributed by atoms with Gasteiger partial charge in [-0.3, -0.25) is 9.59 Å². The largest absolute Gasteiger partial charge is 0.310 e. The SMILES string of the molecule is Cc1cccc(NC(=O)c2ccc(=O)n(Cc3ccccc3Cl)c2)n1. The summed E-state index contributed by atoms with van der Waals surface area (Å²) in [5.41, 5.74) is 1.78. The first kappa shape index (κ1) is 16.9. The van der Waals surface area contributed by atoms with Gasteiger partial charge in [-0.15, -0.1) is 0 Å². The van der Waals surface area contributed by atoms with Crippen LogP contribution in [0.3, 0.4) is 0 Å². The van der Waals surface area contributed by atoms with Crippen LogP contribution in [0.2, 0.25) is 5.02 Å². The standard InChI is InChI=1S/C19H16ClN3O2/c1-13-5-4-8-17(21-13)22-19(25)15-9-10-18(24)23(12-15)11-14-6-2-3-7-16(14)20/h2-10,12H,11H2,1H3,(H,21,22,25). The first-order chi connectivity index (χ1) is 12.0. The zero-order chi connectivity index (χ0) is 17.8. The molecule has 3 aromatic rings. The van der Waals surface area contributed by atoms with Crippen molar-refractivity contribution in [3.05, 3.63) is 93.0 Å². The van der Waals surface area contributed by atoms with Gasteiger partial charge in [0.05, 0.1) is 12.1 Å². The van der Waals surface area contributed by atoms with Crippen molar-refractivity contribution in [2.75, 3.05) is 5.32 Å². The van der Waals surface area contributed by atoms with Crippen molar-refractivity contribution in [3.63, 3.8) is 0 Å². The molecule has 2 heterocycles. The molecule has 0 saturated heterocycles. The molecule has 3 rings (SSSR count). The molecule has 25 heavy (non-hydrogen) atoms. The van der Waals surface area contributed by atoms with Gasteiger partial charge in [0, 0.05) is 23.0 Å². The molecule has 0 aliphatic heterocycles. The minimum atomic E-state index is -0.328. The number of nitrogens with one attached hydrogen (secondary N) is 1. The second-order valence-corrected chi connectivity index (χ2v) is 6.00. The summed E-state index contributed by atoms with van der Waals surface area (Å²) in [4.78, 5) is 28.7. The number of hydrogen-bond donors (Lipinski definition) is 1. The number of carbonyl (C=O) groups is 1. The molecule has 6 heteroatoms. The lowest BCUT2D eigenvalue weighted by Crippen LogP contribution is -2.23. The monoisotopic (exact) mass is 353 g/mol. The number of aryl methyl sites for hydroxylation is 1. The third kappa shape index (κ3) is 4.14. The first-order valence-corrected chi connectivity index (χ1v) is 8.09. The van der Waals surface area contributed by atoms with E-state index < -0.39 is 0 Å². The Morgan fingerprint density at radius 3 is 2.68 bits per heavy atom. The summed E-state index contributed by atoms with van der Waals surface area (Å²) in [7, 11) is 0. The van der Waals surface area contributed by atoms with Crippen LogP contribution in [0.5, 0.6) is 0 Å². The van der Waals surface area contributed by atoms with E-state index in [0.29, 0.717) is 22.9 Å². The van der Waals surface area contributed by atoms with E-state index >= 15 is 0 Å². The van der Waals surface area contributed by atoms with Crippen LogP contribution >= 0.6 is 11.6 Å². The zero-order valence-corrected chi connectivity index (χ0v) is 14.3. The van der Waals surface area contributed by atoms with Crippen molar-refractivity contribution in [2.45, 2.75) is 13.5 Å². The number of hydrogen-bond acceptors (Lipinski definition) is 3. The van der Waals surface area contributed by atoms with Crippen molar-refractivity contribution in [2.24, 2.45) is 0 Å². The van der Waals surface area contributed by atoms with E-state index in [4.69, 9.17) is 11.6 Å².